The van der Waals surface area contributed by atoms with Crippen molar-refractivity contribution in [3.05, 3.63) is 65.2 Å². The van der Waals surface area contributed by atoms with E-state index in [1.165, 1.54) is 0 Å². The van der Waals surface area contributed by atoms with E-state index in [-0.39, 0.29) is 17.9 Å². The van der Waals surface area contributed by atoms with E-state index >= 15 is 0 Å². The molecule has 5 heteroatoms. The maximum atomic E-state index is 12.6. The Labute approximate surface area is 173 Å². The van der Waals surface area contributed by atoms with Crippen LogP contribution in [0.2, 0.25) is 0 Å². The van der Waals surface area contributed by atoms with Gasteiger partial charge in [-0.25, -0.2) is 0 Å². The fraction of sp³-hybridized carbons (Fsp3) is 0.417. The number of anilines is 1. The summed E-state index contributed by atoms with van der Waals surface area (Å²) in [6.45, 7) is 8.45. The molecule has 1 fully saturated rings. The van der Waals surface area contributed by atoms with Crippen LogP contribution in [0.4, 0.5) is 5.69 Å². The van der Waals surface area contributed by atoms with Gasteiger partial charge in [-0.15, -0.1) is 0 Å². The van der Waals surface area contributed by atoms with E-state index in [4.69, 9.17) is 0 Å². The third kappa shape index (κ3) is 5.59. The molecule has 0 aliphatic carbocycles. The van der Waals surface area contributed by atoms with Crippen LogP contribution in [0.5, 0.6) is 0 Å². The molecule has 1 aliphatic heterocycles. The maximum absolute atomic E-state index is 12.6. The van der Waals surface area contributed by atoms with E-state index < -0.39 is 0 Å². The molecular weight excluding hydrogens is 362 g/mol. The molecule has 2 aromatic rings. The lowest BCUT2D eigenvalue weighted by atomic mass is 10.0. The zero-order valence-electron chi connectivity index (χ0n) is 17.6. The predicted octanol–water partition coefficient (Wildman–Crippen LogP) is 3.78. The molecule has 154 valence electrons. The van der Waals surface area contributed by atoms with E-state index in [1.54, 1.807) is 0 Å². The number of aryl methyl sites for hydroxylation is 1. The fourth-order valence-corrected chi connectivity index (χ4v) is 3.65. The molecule has 0 aromatic heterocycles. The molecule has 0 unspecified atom stereocenters. The van der Waals surface area contributed by atoms with E-state index in [2.05, 4.69) is 29.4 Å². The van der Waals surface area contributed by atoms with E-state index in [1.807, 2.05) is 55.5 Å². The largest absolute Gasteiger partial charge is 0.371 e. The Hall–Kier alpha value is -2.82. The van der Waals surface area contributed by atoms with E-state index in [0.717, 1.165) is 42.7 Å². The summed E-state index contributed by atoms with van der Waals surface area (Å²) in [7, 11) is 0. The first-order valence-corrected chi connectivity index (χ1v) is 10.4. The Morgan fingerprint density at radius 1 is 1.03 bits per heavy atom. The molecule has 3 rings (SSSR count). The molecule has 29 heavy (non-hydrogen) atoms. The number of carbonyl (C=O) groups excluding carboxylic acids is 2. The Kier molecular flexibility index (Phi) is 6.91. The normalized spacial score (nSPS) is 14.7. The molecule has 0 radical (unpaired) electrons. The predicted molar refractivity (Wildman–Crippen MR) is 117 cm³/mol. The molecule has 2 aromatic carbocycles. The van der Waals surface area contributed by atoms with Crippen molar-refractivity contribution < 1.29 is 9.59 Å². The Bertz CT molecular complexity index is 855. The lowest BCUT2D eigenvalue weighted by molar-refractivity contribution is 0.0929. The summed E-state index contributed by atoms with van der Waals surface area (Å²) >= 11 is 0. The van der Waals surface area contributed by atoms with Crippen molar-refractivity contribution in [3.63, 3.8) is 0 Å². The van der Waals surface area contributed by atoms with Gasteiger partial charge in [-0.1, -0.05) is 43.7 Å². The lowest BCUT2D eigenvalue weighted by Crippen LogP contribution is -2.45. The van der Waals surface area contributed by atoms with Crippen LogP contribution in [-0.2, 0) is 0 Å². The maximum Gasteiger partial charge on any atom is 0.253 e. The molecule has 0 spiro atoms. The minimum absolute atomic E-state index is 0.0133. The third-order valence-corrected chi connectivity index (χ3v) is 5.27. The van der Waals surface area contributed by atoms with Crippen molar-refractivity contribution in [2.24, 2.45) is 5.92 Å². The smallest absolute Gasteiger partial charge is 0.253 e. The van der Waals surface area contributed by atoms with Crippen molar-refractivity contribution in [3.8, 4) is 0 Å². The highest BCUT2D eigenvalue weighted by Gasteiger charge is 2.24. The first kappa shape index (κ1) is 20.9. The summed E-state index contributed by atoms with van der Waals surface area (Å²) in [5.41, 5.74) is 3.48. The number of nitrogens with zero attached hydrogens (tertiary/aromatic N) is 1. The number of para-hydroxylation sites is 1. The second-order valence-electron chi connectivity index (χ2n) is 8.23. The van der Waals surface area contributed by atoms with Gasteiger partial charge in [0.2, 0.25) is 0 Å². The highest BCUT2D eigenvalue weighted by molar-refractivity contribution is 5.99. The van der Waals surface area contributed by atoms with Crippen LogP contribution in [0.1, 0.15) is 53.0 Å². The highest BCUT2D eigenvalue weighted by atomic mass is 16.2. The van der Waals surface area contributed by atoms with Crippen molar-refractivity contribution >= 4 is 17.5 Å². The molecule has 0 saturated carbocycles. The molecule has 0 bridgehead atoms. The Morgan fingerprint density at radius 3 is 2.45 bits per heavy atom. The van der Waals surface area contributed by atoms with Crippen LogP contribution in [0.3, 0.4) is 0 Å². The SMILES string of the molecule is Cc1cccc(C(=O)NC2CCN(c3ccccc3C(=O)NCC(C)C)CC2)c1. The lowest BCUT2D eigenvalue weighted by Gasteiger charge is -2.35. The molecule has 0 atom stereocenters. The Morgan fingerprint density at radius 2 is 1.76 bits per heavy atom. The second-order valence-corrected chi connectivity index (χ2v) is 8.23. The van der Waals surface area contributed by atoms with Crippen LogP contribution in [0.15, 0.2) is 48.5 Å². The number of hydrogen-bond acceptors (Lipinski definition) is 3. The summed E-state index contributed by atoms with van der Waals surface area (Å²) in [6, 6.07) is 15.6. The number of benzene rings is 2. The van der Waals surface area contributed by atoms with Crippen LogP contribution in [0, 0.1) is 12.8 Å². The number of piperidine rings is 1. The standard InChI is InChI=1S/C24H31N3O2/c1-17(2)16-25-24(29)21-9-4-5-10-22(21)27-13-11-20(12-14-27)26-23(28)19-8-6-7-18(3)15-19/h4-10,15,17,20H,11-14,16H2,1-3H3,(H,25,29)(H,26,28). The zero-order chi connectivity index (χ0) is 20.8. The van der Waals surface area contributed by atoms with Gasteiger partial charge in [0, 0.05) is 36.9 Å². The van der Waals surface area contributed by atoms with Crippen LogP contribution in [-0.4, -0.2) is 37.5 Å². The van der Waals surface area contributed by atoms with Crippen LogP contribution >= 0.6 is 0 Å². The quantitative estimate of drug-likeness (QED) is 0.785. The number of nitrogens with one attached hydrogen (secondary N) is 2. The van der Waals surface area contributed by atoms with Gasteiger partial charge in [-0.05, 0) is 49.9 Å². The van der Waals surface area contributed by atoms with Crippen LogP contribution in [0.25, 0.3) is 0 Å². The number of amides is 2. The number of rotatable bonds is 6. The van der Waals surface area contributed by atoms with E-state index in [0.29, 0.717) is 18.0 Å². The van der Waals surface area contributed by atoms with Gasteiger partial charge in [0.05, 0.1) is 5.56 Å². The molecule has 1 saturated heterocycles. The van der Waals surface area contributed by atoms with E-state index in [9.17, 15) is 9.59 Å². The average Bonchev–Trinajstić information content (AvgIpc) is 2.72. The first-order valence-electron chi connectivity index (χ1n) is 10.4. The minimum Gasteiger partial charge on any atom is -0.371 e. The topological polar surface area (TPSA) is 61.4 Å². The van der Waals surface area contributed by atoms with Gasteiger partial charge >= 0.3 is 0 Å². The minimum atomic E-state index is -0.0239. The molecule has 2 amide bonds. The average molecular weight is 394 g/mol. The number of carbonyl (C=O) groups is 2. The molecule has 1 aliphatic rings. The van der Waals surface area contributed by atoms with Crippen molar-refractivity contribution in [2.75, 3.05) is 24.5 Å². The summed E-state index contributed by atoms with van der Waals surface area (Å²) in [5, 5.41) is 6.17. The number of hydrogen-bond donors (Lipinski definition) is 2. The van der Waals surface area contributed by atoms with Crippen molar-refractivity contribution in [1.29, 1.82) is 0 Å². The van der Waals surface area contributed by atoms with Crippen molar-refractivity contribution in [2.45, 2.75) is 39.7 Å². The highest BCUT2D eigenvalue weighted by Crippen LogP contribution is 2.24. The van der Waals surface area contributed by atoms with Gasteiger partial charge in [0.25, 0.3) is 11.8 Å². The molecular formula is C24H31N3O2. The summed E-state index contributed by atoms with van der Waals surface area (Å²) in [4.78, 5) is 27.4. The second kappa shape index (κ2) is 9.59. The van der Waals surface area contributed by atoms with Gasteiger partial charge in [0.1, 0.15) is 0 Å². The molecule has 5 nitrogen and oxygen atoms in total. The van der Waals surface area contributed by atoms with Crippen LogP contribution < -0.4 is 15.5 Å². The van der Waals surface area contributed by atoms with Gasteiger partial charge in [-0.3, -0.25) is 9.59 Å². The monoisotopic (exact) mass is 393 g/mol. The fourth-order valence-electron chi connectivity index (χ4n) is 3.65. The van der Waals surface area contributed by atoms with Gasteiger partial charge < -0.3 is 15.5 Å². The van der Waals surface area contributed by atoms with Crippen molar-refractivity contribution in [1.82, 2.24) is 10.6 Å². The molecule has 2 N–H and O–H groups in total. The van der Waals surface area contributed by atoms with Gasteiger partial charge in [-0.2, -0.15) is 0 Å². The summed E-state index contributed by atoms with van der Waals surface area (Å²) < 4.78 is 0. The first-order chi connectivity index (χ1) is 13.9. The Balaban J connectivity index is 1.59. The van der Waals surface area contributed by atoms with Gasteiger partial charge in [0.15, 0.2) is 0 Å². The summed E-state index contributed by atoms with van der Waals surface area (Å²) in [5.74, 6) is 0.378. The third-order valence-electron chi connectivity index (χ3n) is 5.27. The zero-order valence-corrected chi connectivity index (χ0v) is 17.6. The molecule has 1 heterocycles. The summed E-state index contributed by atoms with van der Waals surface area (Å²) in [6.07, 6.45) is 1.72.